The summed E-state index contributed by atoms with van der Waals surface area (Å²) in [6.45, 7) is 4.16. The van der Waals surface area contributed by atoms with Crippen LogP contribution in [0.15, 0.2) is 36.4 Å². The van der Waals surface area contributed by atoms with Crippen LogP contribution < -0.4 is 0 Å². The van der Waals surface area contributed by atoms with Gasteiger partial charge in [-0.2, -0.15) is 0 Å². The van der Waals surface area contributed by atoms with Gasteiger partial charge in [0.25, 0.3) is 0 Å². The van der Waals surface area contributed by atoms with E-state index in [4.69, 9.17) is 44.5 Å². The van der Waals surface area contributed by atoms with Gasteiger partial charge in [-0.05, 0) is 30.7 Å². The highest BCUT2D eigenvalue weighted by molar-refractivity contribution is 6.42. The lowest BCUT2D eigenvalue weighted by Gasteiger charge is -2.30. The smallest absolute Gasteiger partial charge is 0.245 e. The number of nitrogens with zero attached hydrogens (tertiary/aromatic N) is 3. The SMILES string of the molecule is C[C@@H](C(=O)N1CCOCC1)n1c(Cc2ccccc2Cl)nc2cc(Cl)c(Cl)cc21. The molecule has 0 N–H and O–H groups in total. The molecule has 152 valence electrons. The van der Waals surface area contributed by atoms with Gasteiger partial charge in [0, 0.05) is 24.5 Å². The van der Waals surface area contributed by atoms with Crippen molar-refractivity contribution in [3.05, 3.63) is 62.9 Å². The monoisotopic (exact) mass is 451 g/mol. The molecule has 1 fully saturated rings. The Morgan fingerprint density at radius 3 is 2.52 bits per heavy atom. The Labute approximate surface area is 184 Å². The maximum absolute atomic E-state index is 13.2. The van der Waals surface area contributed by atoms with Crippen LogP contribution in [0.1, 0.15) is 24.4 Å². The molecular weight excluding hydrogens is 433 g/mol. The van der Waals surface area contributed by atoms with E-state index in [1.54, 1.807) is 12.1 Å². The van der Waals surface area contributed by atoms with Gasteiger partial charge in [0.05, 0.1) is 34.3 Å². The number of benzene rings is 2. The van der Waals surface area contributed by atoms with Crippen molar-refractivity contribution in [2.24, 2.45) is 0 Å². The molecule has 1 aromatic heterocycles. The fraction of sp³-hybridized carbons (Fsp3) is 0.333. The lowest BCUT2D eigenvalue weighted by atomic mass is 10.1. The fourth-order valence-corrected chi connectivity index (χ4v) is 4.19. The molecule has 5 nitrogen and oxygen atoms in total. The van der Waals surface area contributed by atoms with Crippen LogP contribution in [0.5, 0.6) is 0 Å². The van der Waals surface area contributed by atoms with Crippen LogP contribution in [-0.2, 0) is 16.0 Å². The quantitative estimate of drug-likeness (QED) is 0.559. The summed E-state index contributed by atoms with van der Waals surface area (Å²) in [6, 6.07) is 10.7. The van der Waals surface area contributed by atoms with Gasteiger partial charge in [0.15, 0.2) is 0 Å². The van der Waals surface area contributed by atoms with Crippen molar-refractivity contribution < 1.29 is 9.53 Å². The van der Waals surface area contributed by atoms with Crippen LogP contribution >= 0.6 is 34.8 Å². The van der Waals surface area contributed by atoms with Crippen molar-refractivity contribution in [1.82, 2.24) is 14.5 Å². The average Bonchev–Trinajstić information content (AvgIpc) is 3.06. The molecule has 3 aromatic rings. The molecule has 4 rings (SSSR count). The van der Waals surface area contributed by atoms with E-state index in [1.807, 2.05) is 40.7 Å². The molecular formula is C21H20Cl3N3O2. The predicted molar refractivity (Wildman–Crippen MR) is 116 cm³/mol. The third-order valence-corrected chi connectivity index (χ3v) is 6.27. The van der Waals surface area contributed by atoms with E-state index in [0.29, 0.717) is 53.3 Å². The number of rotatable bonds is 4. The minimum absolute atomic E-state index is 0.0269. The number of hydrogen-bond acceptors (Lipinski definition) is 3. The van der Waals surface area contributed by atoms with Gasteiger partial charge in [0.2, 0.25) is 5.91 Å². The first-order valence-corrected chi connectivity index (χ1v) is 10.5. The number of carbonyl (C=O) groups excluding carboxylic acids is 1. The summed E-state index contributed by atoms with van der Waals surface area (Å²) in [5.74, 6) is 0.764. The van der Waals surface area contributed by atoms with Crippen LogP contribution in [0.3, 0.4) is 0 Å². The van der Waals surface area contributed by atoms with Gasteiger partial charge >= 0.3 is 0 Å². The zero-order chi connectivity index (χ0) is 20.5. The van der Waals surface area contributed by atoms with E-state index in [1.165, 1.54) is 0 Å². The molecule has 2 heterocycles. The molecule has 8 heteroatoms. The highest BCUT2D eigenvalue weighted by Crippen LogP contribution is 2.32. The van der Waals surface area contributed by atoms with E-state index in [2.05, 4.69) is 0 Å². The highest BCUT2D eigenvalue weighted by atomic mass is 35.5. The fourth-order valence-electron chi connectivity index (χ4n) is 3.67. The Hall–Kier alpha value is -1.79. The molecule has 1 saturated heterocycles. The predicted octanol–water partition coefficient (Wildman–Crippen LogP) is 5.01. The molecule has 1 amide bonds. The second-order valence-corrected chi connectivity index (χ2v) is 8.26. The Balaban J connectivity index is 1.80. The normalized spacial score (nSPS) is 15.7. The summed E-state index contributed by atoms with van der Waals surface area (Å²) in [6.07, 6.45) is 0.490. The summed E-state index contributed by atoms with van der Waals surface area (Å²) < 4.78 is 7.32. The number of ether oxygens (including phenoxy) is 1. The minimum Gasteiger partial charge on any atom is -0.378 e. The van der Waals surface area contributed by atoms with Crippen molar-refractivity contribution in [3.63, 3.8) is 0 Å². The molecule has 1 aliphatic heterocycles. The van der Waals surface area contributed by atoms with E-state index >= 15 is 0 Å². The molecule has 0 unspecified atom stereocenters. The number of carbonyl (C=O) groups is 1. The topological polar surface area (TPSA) is 47.4 Å². The Bertz CT molecular complexity index is 1060. The first-order valence-electron chi connectivity index (χ1n) is 9.41. The highest BCUT2D eigenvalue weighted by Gasteiger charge is 2.27. The van der Waals surface area contributed by atoms with Gasteiger partial charge in [-0.25, -0.2) is 4.98 Å². The number of hydrogen-bond donors (Lipinski definition) is 0. The minimum atomic E-state index is -0.451. The van der Waals surface area contributed by atoms with Crippen LogP contribution in [-0.4, -0.2) is 46.7 Å². The number of aromatic nitrogens is 2. The molecule has 0 spiro atoms. The van der Waals surface area contributed by atoms with Gasteiger partial charge in [-0.3, -0.25) is 4.79 Å². The number of morpholine rings is 1. The molecule has 0 bridgehead atoms. The van der Waals surface area contributed by atoms with Gasteiger partial charge in [0.1, 0.15) is 11.9 Å². The molecule has 1 aliphatic rings. The van der Waals surface area contributed by atoms with Crippen molar-refractivity contribution in [1.29, 1.82) is 0 Å². The maximum atomic E-state index is 13.2. The van der Waals surface area contributed by atoms with Crippen molar-refractivity contribution in [2.75, 3.05) is 26.3 Å². The van der Waals surface area contributed by atoms with Crippen LogP contribution in [0.4, 0.5) is 0 Å². The second-order valence-electron chi connectivity index (χ2n) is 7.03. The third-order valence-electron chi connectivity index (χ3n) is 5.18. The average molecular weight is 453 g/mol. The van der Waals surface area contributed by atoms with Crippen LogP contribution in [0.25, 0.3) is 11.0 Å². The number of fused-ring (bicyclic) bond motifs is 1. The molecule has 0 radical (unpaired) electrons. The number of imidazole rings is 1. The Kier molecular flexibility index (Phi) is 6.02. The largest absolute Gasteiger partial charge is 0.378 e. The summed E-state index contributed by atoms with van der Waals surface area (Å²) in [7, 11) is 0. The zero-order valence-electron chi connectivity index (χ0n) is 15.9. The summed E-state index contributed by atoms with van der Waals surface area (Å²) in [5.41, 5.74) is 2.41. The molecule has 29 heavy (non-hydrogen) atoms. The van der Waals surface area contributed by atoms with E-state index in [9.17, 15) is 4.79 Å². The van der Waals surface area contributed by atoms with Gasteiger partial charge in [-0.15, -0.1) is 0 Å². The van der Waals surface area contributed by atoms with Gasteiger partial charge < -0.3 is 14.2 Å². The number of amides is 1. The van der Waals surface area contributed by atoms with Crippen molar-refractivity contribution >= 4 is 51.7 Å². The molecule has 0 aliphatic carbocycles. The summed E-state index contributed by atoms with van der Waals surface area (Å²) >= 11 is 18.9. The van der Waals surface area contributed by atoms with Crippen molar-refractivity contribution in [3.8, 4) is 0 Å². The lowest BCUT2D eigenvalue weighted by molar-refractivity contribution is -0.138. The second kappa shape index (κ2) is 8.52. The van der Waals surface area contributed by atoms with Gasteiger partial charge in [-0.1, -0.05) is 53.0 Å². The van der Waals surface area contributed by atoms with E-state index in [0.717, 1.165) is 16.9 Å². The molecule has 2 aromatic carbocycles. The molecule has 1 atom stereocenters. The van der Waals surface area contributed by atoms with E-state index in [-0.39, 0.29) is 5.91 Å². The van der Waals surface area contributed by atoms with Crippen LogP contribution in [0, 0.1) is 0 Å². The zero-order valence-corrected chi connectivity index (χ0v) is 18.1. The first kappa shape index (κ1) is 20.5. The van der Waals surface area contributed by atoms with Crippen molar-refractivity contribution in [2.45, 2.75) is 19.4 Å². The third kappa shape index (κ3) is 4.10. The lowest BCUT2D eigenvalue weighted by Crippen LogP contribution is -2.43. The van der Waals surface area contributed by atoms with E-state index < -0.39 is 6.04 Å². The Morgan fingerprint density at radius 2 is 1.79 bits per heavy atom. The Morgan fingerprint density at radius 1 is 1.10 bits per heavy atom. The molecule has 0 saturated carbocycles. The van der Waals surface area contributed by atoms with Crippen LogP contribution in [0.2, 0.25) is 15.1 Å². The number of halogens is 3. The summed E-state index contributed by atoms with van der Waals surface area (Å²) in [4.78, 5) is 19.8. The maximum Gasteiger partial charge on any atom is 0.245 e. The first-order chi connectivity index (χ1) is 14.0. The standard InChI is InChI=1S/C21H20Cl3N3O2/c1-13(21(28)26-6-8-29-9-7-26)27-19-12-17(24)16(23)11-18(19)25-20(27)10-14-4-2-3-5-15(14)22/h2-5,11-13H,6-10H2,1H3/t13-/m0/s1. The summed E-state index contributed by atoms with van der Waals surface area (Å²) in [5, 5.41) is 1.52.